The summed E-state index contributed by atoms with van der Waals surface area (Å²) in [6, 6.07) is 29.7. The Kier molecular flexibility index (Phi) is 8.93. The van der Waals surface area contributed by atoms with Gasteiger partial charge in [0.05, 0.1) is 36.4 Å². The van der Waals surface area contributed by atoms with E-state index in [4.69, 9.17) is 14.5 Å². The highest BCUT2D eigenvalue weighted by Crippen LogP contribution is 2.43. The minimum atomic E-state index is -0.616. The number of amides is 1. The summed E-state index contributed by atoms with van der Waals surface area (Å²) in [6.45, 7) is 1.88. The minimum absolute atomic E-state index is 0.270. The van der Waals surface area contributed by atoms with Gasteiger partial charge in [-0.2, -0.15) is 5.26 Å². The number of nitriles is 1. The van der Waals surface area contributed by atoms with E-state index in [0.29, 0.717) is 51.0 Å². The highest BCUT2D eigenvalue weighted by molar-refractivity contribution is 8.00. The summed E-state index contributed by atoms with van der Waals surface area (Å²) >= 11 is 1.20. The molecule has 0 aliphatic heterocycles. The molecule has 1 unspecified atom stereocenters. The Labute approximate surface area is 253 Å². The van der Waals surface area contributed by atoms with Crippen molar-refractivity contribution in [2.75, 3.05) is 19.5 Å². The van der Waals surface area contributed by atoms with E-state index >= 15 is 0 Å². The highest BCUT2D eigenvalue weighted by Gasteiger charge is 2.25. The van der Waals surface area contributed by atoms with Crippen molar-refractivity contribution in [2.24, 2.45) is 0 Å². The van der Waals surface area contributed by atoms with Crippen LogP contribution in [0.1, 0.15) is 18.9 Å². The van der Waals surface area contributed by atoms with Crippen molar-refractivity contribution in [2.45, 2.75) is 23.6 Å². The smallest absolute Gasteiger partial charge is 0.273 e. The van der Waals surface area contributed by atoms with E-state index in [1.165, 1.54) is 22.5 Å². The molecule has 5 aromatic rings. The summed E-state index contributed by atoms with van der Waals surface area (Å²) in [5.74, 6) is 0.953. The molecule has 1 amide bonds. The molecule has 0 aliphatic carbocycles. The Morgan fingerprint density at radius 2 is 1.72 bits per heavy atom. The van der Waals surface area contributed by atoms with Gasteiger partial charge >= 0.3 is 0 Å². The molecule has 10 heteroatoms. The third-order valence-electron chi connectivity index (χ3n) is 6.77. The molecule has 216 valence electrons. The van der Waals surface area contributed by atoms with Crippen LogP contribution in [-0.2, 0) is 4.79 Å². The summed E-state index contributed by atoms with van der Waals surface area (Å²) in [7, 11) is 3.11. The number of H-pyrrole nitrogens is 1. The third kappa shape index (κ3) is 6.17. The van der Waals surface area contributed by atoms with Crippen molar-refractivity contribution in [3.63, 3.8) is 0 Å². The maximum absolute atomic E-state index is 13.5. The first-order chi connectivity index (χ1) is 21.0. The summed E-state index contributed by atoms with van der Waals surface area (Å²) in [6.07, 6.45) is 0.444. The van der Waals surface area contributed by atoms with Gasteiger partial charge in [-0.25, -0.2) is 9.67 Å². The number of anilines is 1. The first-order valence-electron chi connectivity index (χ1n) is 13.5. The Balaban J connectivity index is 1.54. The van der Waals surface area contributed by atoms with Crippen molar-refractivity contribution in [1.82, 2.24) is 14.8 Å². The summed E-state index contributed by atoms with van der Waals surface area (Å²) in [5, 5.41) is 16.0. The molecule has 2 N–H and O–H groups in total. The molecule has 0 fully saturated rings. The number of thioether (sulfide) groups is 1. The van der Waals surface area contributed by atoms with Crippen LogP contribution >= 0.6 is 11.8 Å². The number of rotatable bonds is 10. The van der Waals surface area contributed by atoms with E-state index < -0.39 is 5.25 Å². The lowest BCUT2D eigenvalue weighted by atomic mass is 9.98. The summed E-state index contributed by atoms with van der Waals surface area (Å²) in [5.41, 5.74) is 3.42. The molecule has 3 aromatic carbocycles. The van der Waals surface area contributed by atoms with Crippen LogP contribution in [0.5, 0.6) is 11.5 Å². The molecule has 2 heterocycles. The van der Waals surface area contributed by atoms with Crippen molar-refractivity contribution >= 4 is 23.5 Å². The maximum atomic E-state index is 13.5. The van der Waals surface area contributed by atoms with Crippen LogP contribution in [0.3, 0.4) is 0 Å². The fourth-order valence-corrected chi connectivity index (χ4v) is 5.71. The number of nitrogens with one attached hydrogen (secondary N) is 2. The Hall–Kier alpha value is -5.27. The van der Waals surface area contributed by atoms with E-state index in [0.717, 1.165) is 5.56 Å². The van der Waals surface area contributed by atoms with E-state index in [-0.39, 0.29) is 17.3 Å². The fourth-order valence-electron chi connectivity index (χ4n) is 4.68. The Bertz CT molecular complexity index is 1850. The minimum Gasteiger partial charge on any atom is -0.493 e. The first kappa shape index (κ1) is 29.2. The molecule has 0 radical (unpaired) electrons. The van der Waals surface area contributed by atoms with Crippen LogP contribution < -0.4 is 20.3 Å². The number of nitrogens with zero attached hydrogens (tertiary/aromatic N) is 3. The van der Waals surface area contributed by atoms with Crippen LogP contribution in [0.4, 0.5) is 5.82 Å². The number of pyridine rings is 1. The lowest BCUT2D eigenvalue weighted by Gasteiger charge is -2.18. The topological polar surface area (TPSA) is 122 Å². The quantitative estimate of drug-likeness (QED) is 0.183. The van der Waals surface area contributed by atoms with Gasteiger partial charge in [-0.1, -0.05) is 79.3 Å². The molecule has 2 aromatic heterocycles. The number of aromatic amines is 1. The summed E-state index contributed by atoms with van der Waals surface area (Å²) in [4.78, 5) is 30.9. The molecule has 1 atom stereocenters. The fraction of sp³-hybridized carbons (Fsp3) is 0.152. The number of hydrogen-bond acceptors (Lipinski definition) is 7. The van der Waals surface area contributed by atoms with Crippen LogP contribution in [0, 0.1) is 11.3 Å². The summed E-state index contributed by atoms with van der Waals surface area (Å²) < 4.78 is 12.6. The number of carbonyl (C=O) groups excluding carboxylic acids is 1. The zero-order valence-corrected chi connectivity index (χ0v) is 24.6. The standard InChI is InChI=1S/C33H29N5O4S/c1-4-28(32(40)36-29-19-30(39)38(37-29)22-14-9-6-10-15-22)43-33-25(20-34)24(18-26(35-33)21-12-7-5-8-13-21)23-16-11-17-27(41-2)31(23)42-3/h5-19,28,37H,4H2,1-3H3,(H,36,40). The molecule has 0 aliphatic rings. The van der Waals surface area contributed by atoms with Crippen LogP contribution in [0.15, 0.2) is 101 Å². The largest absolute Gasteiger partial charge is 0.493 e. The average Bonchev–Trinajstić information content (AvgIpc) is 3.42. The Morgan fingerprint density at radius 3 is 2.37 bits per heavy atom. The number of ether oxygens (including phenoxy) is 2. The molecule has 0 spiro atoms. The normalized spacial score (nSPS) is 11.4. The van der Waals surface area contributed by atoms with E-state index in [1.54, 1.807) is 32.4 Å². The first-order valence-corrected chi connectivity index (χ1v) is 14.4. The number of benzene rings is 3. The lowest BCUT2D eigenvalue weighted by molar-refractivity contribution is -0.115. The lowest BCUT2D eigenvalue weighted by Crippen LogP contribution is -2.25. The van der Waals surface area contributed by atoms with Gasteiger partial charge in [0, 0.05) is 22.8 Å². The molecule has 43 heavy (non-hydrogen) atoms. The van der Waals surface area contributed by atoms with Gasteiger partial charge in [0.2, 0.25) is 5.91 Å². The molecule has 9 nitrogen and oxygen atoms in total. The van der Waals surface area contributed by atoms with Crippen molar-refractivity contribution in [3.05, 3.63) is 107 Å². The van der Waals surface area contributed by atoms with E-state index in [2.05, 4.69) is 16.5 Å². The SMILES string of the molecule is CCC(Sc1nc(-c2ccccc2)cc(-c2cccc(OC)c2OC)c1C#N)C(=O)Nc1cc(=O)n(-c2ccccc2)[nH]1. The second-order valence-corrected chi connectivity index (χ2v) is 10.6. The van der Waals surface area contributed by atoms with Crippen molar-refractivity contribution < 1.29 is 14.3 Å². The van der Waals surface area contributed by atoms with Gasteiger partial charge in [0.1, 0.15) is 16.9 Å². The Morgan fingerprint density at radius 1 is 1.00 bits per heavy atom. The second-order valence-electron chi connectivity index (χ2n) is 9.44. The predicted octanol–water partition coefficient (Wildman–Crippen LogP) is 6.29. The van der Waals surface area contributed by atoms with Crippen LogP contribution in [0.2, 0.25) is 0 Å². The molecule has 0 bridgehead atoms. The highest BCUT2D eigenvalue weighted by atomic mass is 32.2. The molecule has 0 saturated heterocycles. The van der Waals surface area contributed by atoms with E-state index in [1.807, 2.05) is 73.7 Å². The van der Waals surface area contributed by atoms with E-state index in [9.17, 15) is 14.9 Å². The molecule has 0 saturated carbocycles. The van der Waals surface area contributed by atoms with Gasteiger partial charge in [0.15, 0.2) is 11.5 Å². The zero-order chi connectivity index (χ0) is 30.3. The second kappa shape index (κ2) is 13.1. The molecular weight excluding hydrogens is 562 g/mol. The number of carbonyl (C=O) groups is 1. The maximum Gasteiger partial charge on any atom is 0.273 e. The van der Waals surface area contributed by atoms with Gasteiger partial charge in [0.25, 0.3) is 5.56 Å². The predicted molar refractivity (Wildman–Crippen MR) is 168 cm³/mol. The van der Waals surface area contributed by atoms with Gasteiger partial charge in [-0.15, -0.1) is 0 Å². The zero-order valence-electron chi connectivity index (χ0n) is 23.8. The van der Waals surface area contributed by atoms with Crippen LogP contribution in [-0.4, -0.2) is 40.1 Å². The number of hydrogen-bond donors (Lipinski definition) is 2. The number of para-hydroxylation sites is 2. The number of methoxy groups -OCH3 is 2. The van der Waals surface area contributed by atoms with Crippen LogP contribution in [0.25, 0.3) is 28.1 Å². The monoisotopic (exact) mass is 591 g/mol. The van der Waals surface area contributed by atoms with Gasteiger partial charge < -0.3 is 14.8 Å². The van der Waals surface area contributed by atoms with Gasteiger partial charge in [-0.05, 0) is 30.7 Å². The molecule has 5 rings (SSSR count). The average molecular weight is 592 g/mol. The third-order valence-corrected chi connectivity index (χ3v) is 8.12. The van der Waals surface area contributed by atoms with Gasteiger partial charge in [-0.3, -0.25) is 14.7 Å². The van der Waals surface area contributed by atoms with Crippen molar-refractivity contribution in [3.8, 4) is 45.6 Å². The van der Waals surface area contributed by atoms with Crippen molar-refractivity contribution in [1.29, 1.82) is 5.26 Å². The number of aromatic nitrogens is 3. The molecular formula is C33H29N5O4S.